The molecule has 10 N–H and O–H groups in total. The Balaban J connectivity index is 2.79. The van der Waals surface area contributed by atoms with Crippen LogP contribution in [0, 0.1) is 0 Å². The number of aliphatic hydroxyl groups is 4. The third kappa shape index (κ3) is 5.98. The minimum atomic E-state index is -2.12. The van der Waals surface area contributed by atoms with Gasteiger partial charge in [-0.1, -0.05) is 12.1 Å². The van der Waals surface area contributed by atoms with Gasteiger partial charge in [-0.3, -0.25) is 14.4 Å². The van der Waals surface area contributed by atoms with E-state index in [4.69, 9.17) is 27.0 Å². The van der Waals surface area contributed by atoms with Crippen molar-refractivity contribution in [2.24, 2.45) is 11.5 Å². The number of primary amides is 1. The Morgan fingerprint density at radius 2 is 1.67 bits per heavy atom. The zero-order valence-electron chi connectivity index (χ0n) is 14.3. The van der Waals surface area contributed by atoms with Crippen molar-refractivity contribution in [1.29, 1.82) is 0 Å². The van der Waals surface area contributed by atoms with Crippen LogP contribution in [0.2, 0.25) is 0 Å². The number of amides is 1. The average molecular weight is 385 g/mol. The predicted octanol–water partition coefficient (Wildman–Crippen LogP) is -3.36. The van der Waals surface area contributed by atoms with Gasteiger partial charge in [0.1, 0.15) is 24.4 Å². The molecule has 27 heavy (non-hydrogen) atoms. The second kappa shape index (κ2) is 9.94. The van der Waals surface area contributed by atoms with Gasteiger partial charge in [-0.05, 0) is 12.1 Å². The molecule has 0 aliphatic rings. The van der Waals surface area contributed by atoms with E-state index in [0.717, 1.165) is 0 Å². The fraction of sp³-hybridized carbons (Fsp3) is 0.438. The molecule has 1 rings (SSSR count). The van der Waals surface area contributed by atoms with Crippen LogP contribution in [-0.2, 0) is 14.3 Å². The molecule has 11 nitrogen and oxygen atoms in total. The molecule has 0 aliphatic carbocycles. The Bertz CT molecular complexity index is 683. The maximum Gasteiger partial charge on any atom is 0.324 e. The highest BCUT2D eigenvalue weighted by Crippen LogP contribution is 2.15. The fourth-order valence-electron chi connectivity index (χ4n) is 2.17. The van der Waals surface area contributed by atoms with Gasteiger partial charge >= 0.3 is 5.97 Å². The molecule has 0 bridgehead atoms. The van der Waals surface area contributed by atoms with Crippen LogP contribution in [0.3, 0.4) is 0 Å². The number of hydrogen-bond acceptors (Lipinski definition) is 10. The first-order chi connectivity index (χ1) is 12.6. The summed E-state index contributed by atoms with van der Waals surface area (Å²) in [7, 11) is 0. The molecule has 1 aromatic carbocycles. The zero-order chi connectivity index (χ0) is 20.7. The molecule has 0 saturated carbocycles. The fourth-order valence-corrected chi connectivity index (χ4v) is 2.17. The summed E-state index contributed by atoms with van der Waals surface area (Å²) in [5.41, 5.74) is 16.6. The predicted molar refractivity (Wildman–Crippen MR) is 92.0 cm³/mol. The molecule has 0 aromatic heterocycles. The molecule has 0 unspecified atom stereocenters. The number of esters is 1. The third-order valence-electron chi connectivity index (χ3n) is 3.73. The molecule has 0 fully saturated rings. The third-order valence-corrected chi connectivity index (χ3v) is 3.73. The molecule has 0 heterocycles. The number of benzene rings is 1. The molecule has 0 radical (unpaired) electrons. The Kier molecular flexibility index (Phi) is 8.28. The molecular formula is C16H23N3O8. The summed E-state index contributed by atoms with van der Waals surface area (Å²) < 4.78 is 4.69. The number of nitrogen functional groups attached to an aromatic ring is 1. The molecule has 5 atom stereocenters. The molecule has 0 aliphatic heterocycles. The molecular weight excluding hydrogens is 362 g/mol. The van der Waals surface area contributed by atoms with Crippen LogP contribution in [0.25, 0.3) is 0 Å². The van der Waals surface area contributed by atoms with Gasteiger partial charge in [0.15, 0.2) is 5.78 Å². The van der Waals surface area contributed by atoms with Gasteiger partial charge in [0, 0.05) is 17.7 Å². The summed E-state index contributed by atoms with van der Waals surface area (Å²) in [6.07, 6.45) is -8.52. The number of carbonyl (C=O) groups excluding carboxylic acids is 3. The van der Waals surface area contributed by atoms with Crippen LogP contribution in [0.4, 0.5) is 5.69 Å². The molecule has 1 amide bonds. The van der Waals surface area contributed by atoms with Gasteiger partial charge in [0.05, 0.1) is 6.61 Å². The van der Waals surface area contributed by atoms with E-state index in [1.807, 2.05) is 0 Å². The largest absolute Gasteiger partial charge is 0.448 e. The molecule has 1 aromatic rings. The standard InChI is InChI=1S/C16H23N3O8/c17-8-4-2-1-3-7(8)10(21)5-9(18)16(26)27-14(15(19)25)13(24)12(23)11(22)6-20/h1-4,9,11-14,20,22-24H,5-6,17-18H2,(H2,19,25)/t9-,11+,12+,13-,14+/m0/s1. The summed E-state index contributed by atoms with van der Waals surface area (Å²) in [6, 6.07) is 4.61. The summed E-state index contributed by atoms with van der Waals surface area (Å²) in [5.74, 6) is -3.12. The van der Waals surface area contributed by atoms with Gasteiger partial charge in [-0.15, -0.1) is 0 Å². The van der Waals surface area contributed by atoms with E-state index in [2.05, 4.69) is 0 Å². The quantitative estimate of drug-likeness (QED) is 0.120. The van der Waals surface area contributed by atoms with Gasteiger partial charge in [0.2, 0.25) is 6.10 Å². The monoisotopic (exact) mass is 385 g/mol. The average Bonchev–Trinajstić information content (AvgIpc) is 2.63. The van der Waals surface area contributed by atoms with Crippen LogP contribution in [0.5, 0.6) is 0 Å². The van der Waals surface area contributed by atoms with E-state index in [-0.39, 0.29) is 11.3 Å². The molecule has 0 saturated heterocycles. The van der Waals surface area contributed by atoms with E-state index >= 15 is 0 Å². The van der Waals surface area contributed by atoms with Crippen molar-refractivity contribution in [3.05, 3.63) is 29.8 Å². The van der Waals surface area contributed by atoms with E-state index in [9.17, 15) is 29.7 Å². The molecule has 11 heteroatoms. The minimum Gasteiger partial charge on any atom is -0.448 e. The minimum absolute atomic E-state index is 0.147. The van der Waals surface area contributed by atoms with Crippen molar-refractivity contribution in [2.45, 2.75) is 36.9 Å². The van der Waals surface area contributed by atoms with Crippen LogP contribution in [0.15, 0.2) is 24.3 Å². The van der Waals surface area contributed by atoms with Crippen molar-refractivity contribution in [1.82, 2.24) is 0 Å². The van der Waals surface area contributed by atoms with Crippen molar-refractivity contribution in [2.75, 3.05) is 12.3 Å². The van der Waals surface area contributed by atoms with Crippen molar-refractivity contribution < 1.29 is 39.5 Å². The Hall–Kier alpha value is -2.57. The Morgan fingerprint density at radius 3 is 2.19 bits per heavy atom. The van der Waals surface area contributed by atoms with Gasteiger partial charge in [0.25, 0.3) is 5.91 Å². The number of anilines is 1. The van der Waals surface area contributed by atoms with E-state index in [1.165, 1.54) is 12.1 Å². The van der Waals surface area contributed by atoms with Gasteiger partial charge < -0.3 is 42.4 Å². The number of carbonyl (C=O) groups is 3. The zero-order valence-corrected chi connectivity index (χ0v) is 14.3. The number of rotatable bonds is 10. The highest BCUT2D eigenvalue weighted by molar-refractivity contribution is 6.02. The number of hydrogen-bond donors (Lipinski definition) is 7. The number of Topliss-reactive ketones (excluding diaryl/α,β-unsaturated/α-hetero) is 1. The lowest BCUT2D eigenvalue weighted by Crippen LogP contribution is -2.53. The second-order valence-corrected chi connectivity index (χ2v) is 5.81. The van der Waals surface area contributed by atoms with E-state index in [1.54, 1.807) is 12.1 Å². The van der Waals surface area contributed by atoms with Crippen LogP contribution >= 0.6 is 0 Å². The Labute approximate surface area is 154 Å². The highest BCUT2D eigenvalue weighted by atomic mass is 16.6. The van der Waals surface area contributed by atoms with Gasteiger partial charge in [-0.25, -0.2) is 0 Å². The summed E-state index contributed by atoms with van der Waals surface area (Å²) in [4.78, 5) is 35.6. The van der Waals surface area contributed by atoms with Crippen LogP contribution in [0.1, 0.15) is 16.8 Å². The first kappa shape index (κ1) is 22.5. The molecule has 150 valence electrons. The van der Waals surface area contributed by atoms with E-state index in [0.29, 0.717) is 0 Å². The topological polar surface area (TPSA) is 219 Å². The lowest BCUT2D eigenvalue weighted by molar-refractivity contribution is -0.173. The number of para-hydroxylation sites is 1. The first-order valence-corrected chi connectivity index (χ1v) is 7.88. The highest BCUT2D eigenvalue weighted by Gasteiger charge is 2.38. The van der Waals surface area contributed by atoms with Crippen molar-refractivity contribution >= 4 is 23.3 Å². The lowest BCUT2D eigenvalue weighted by atomic mass is 10.0. The second-order valence-electron chi connectivity index (χ2n) is 5.81. The van der Waals surface area contributed by atoms with E-state index < -0.39 is 61.1 Å². The van der Waals surface area contributed by atoms with Crippen LogP contribution < -0.4 is 17.2 Å². The molecule has 0 spiro atoms. The SMILES string of the molecule is NC(=O)[C@H](OC(=O)[C@@H](N)CC(=O)c1ccccc1N)[C@@H](O)[C@H](O)[C@H](O)CO. The van der Waals surface area contributed by atoms with Crippen molar-refractivity contribution in [3.63, 3.8) is 0 Å². The maximum absolute atomic E-state index is 12.2. The lowest BCUT2D eigenvalue weighted by Gasteiger charge is -2.27. The smallest absolute Gasteiger partial charge is 0.324 e. The first-order valence-electron chi connectivity index (χ1n) is 7.88. The Morgan fingerprint density at radius 1 is 1.07 bits per heavy atom. The number of ketones is 1. The van der Waals surface area contributed by atoms with Gasteiger partial charge in [-0.2, -0.15) is 0 Å². The summed E-state index contributed by atoms with van der Waals surface area (Å²) in [5, 5.41) is 37.5. The number of nitrogens with two attached hydrogens (primary N) is 3. The van der Waals surface area contributed by atoms with Crippen LogP contribution in [-0.4, -0.2) is 75.2 Å². The summed E-state index contributed by atoms with van der Waals surface area (Å²) >= 11 is 0. The number of ether oxygens (including phenoxy) is 1. The number of aliphatic hydroxyl groups excluding tert-OH is 4. The van der Waals surface area contributed by atoms with Crippen molar-refractivity contribution in [3.8, 4) is 0 Å². The normalized spacial score (nSPS) is 16.6. The summed E-state index contributed by atoms with van der Waals surface area (Å²) in [6.45, 7) is -0.926. The maximum atomic E-state index is 12.2.